The maximum absolute atomic E-state index is 13.1. The van der Waals surface area contributed by atoms with Crippen molar-refractivity contribution in [1.82, 2.24) is 4.90 Å². The number of aryl methyl sites for hydroxylation is 1. The molecule has 0 aliphatic rings. The number of rotatable bonds is 4. The Hall–Kier alpha value is -1.64. The number of hydrogen-bond acceptors (Lipinski definition) is 1. The van der Waals surface area contributed by atoms with Gasteiger partial charge in [0.05, 0.1) is 0 Å². The third kappa shape index (κ3) is 3.16. The van der Waals surface area contributed by atoms with Crippen molar-refractivity contribution in [2.24, 2.45) is 0 Å². The van der Waals surface area contributed by atoms with Gasteiger partial charge in [0.1, 0.15) is 5.82 Å². The van der Waals surface area contributed by atoms with Crippen LogP contribution in [0.4, 0.5) is 4.39 Å². The molecule has 0 aliphatic carbocycles. The predicted molar refractivity (Wildman–Crippen MR) is 67.5 cm³/mol. The Labute approximate surface area is 102 Å². The molecule has 0 spiro atoms. The molecule has 0 heterocycles. The normalized spacial score (nSPS) is 10.4. The number of amides is 1. The van der Waals surface area contributed by atoms with Crippen molar-refractivity contribution in [2.75, 3.05) is 6.54 Å². The Morgan fingerprint density at radius 3 is 2.65 bits per heavy atom. The van der Waals surface area contributed by atoms with Crippen molar-refractivity contribution in [1.29, 1.82) is 0 Å². The minimum absolute atomic E-state index is 0.0888. The summed E-state index contributed by atoms with van der Waals surface area (Å²) < 4.78 is 13.1. The number of benzene rings is 1. The van der Waals surface area contributed by atoms with E-state index >= 15 is 0 Å². The van der Waals surface area contributed by atoms with E-state index in [-0.39, 0.29) is 17.8 Å². The average molecular weight is 235 g/mol. The Kier molecular flexibility index (Phi) is 4.44. The first kappa shape index (κ1) is 13.4. The standard InChI is InChI=1S/C14H18FNO/c1-5-8-16(10(2)3)14(17)12-6-7-13(15)11(4)9-12/h5-7,9-10H,1,8H2,2-4H3. The van der Waals surface area contributed by atoms with Gasteiger partial charge in [-0.1, -0.05) is 6.08 Å². The van der Waals surface area contributed by atoms with Gasteiger partial charge in [-0.05, 0) is 44.5 Å². The zero-order chi connectivity index (χ0) is 13.0. The van der Waals surface area contributed by atoms with Crippen molar-refractivity contribution < 1.29 is 9.18 Å². The lowest BCUT2D eigenvalue weighted by atomic mass is 10.1. The third-order valence-corrected chi connectivity index (χ3v) is 2.61. The molecule has 1 aromatic carbocycles. The fraction of sp³-hybridized carbons (Fsp3) is 0.357. The van der Waals surface area contributed by atoms with Crippen LogP contribution in [0.15, 0.2) is 30.9 Å². The summed E-state index contributed by atoms with van der Waals surface area (Å²) in [7, 11) is 0. The Bertz CT molecular complexity index is 426. The molecule has 0 bridgehead atoms. The van der Waals surface area contributed by atoms with Crippen molar-refractivity contribution in [2.45, 2.75) is 26.8 Å². The minimum atomic E-state index is -0.290. The number of hydrogen-bond donors (Lipinski definition) is 0. The topological polar surface area (TPSA) is 20.3 Å². The highest BCUT2D eigenvalue weighted by Gasteiger charge is 2.17. The molecular weight excluding hydrogens is 217 g/mol. The van der Waals surface area contributed by atoms with Gasteiger partial charge in [-0.25, -0.2) is 4.39 Å². The summed E-state index contributed by atoms with van der Waals surface area (Å²) in [5.74, 6) is -0.385. The molecule has 92 valence electrons. The molecule has 0 radical (unpaired) electrons. The minimum Gasteiger partial charge on any atom is -0.333 e. The van der Waals surface area contributed by atoms with Gasteiger partial charge in [-0.15, -0.1) is 6.58 Å². The molecule has 0 fully saturated rings. The molecule has 0 N–H and O–H groups in total. The predicted octanol–water partition coefficient (Wildman–Crippen LogP) is 3.17. The third-order valence-electron chi connectivity index (χ3n) is 2.61. The summed E-state index contributed by atoms with van der Waals surface area (Å²) in [6.45, 7) is 9.67. The molecule has 0 unspecified atom stereocenters. The summed E-state index contributed by atoms with van der Waals surface area (Å²) in [4.78, 5) is 13.9. The van der Waals surface area contributed by atoms with Crippen LogP contribution in [0.1, 0.15) is 29.8 Å². The second kappa shape index (κ2) is 5.62. The summed E-state index contributed by atoms with van der Waals surface area (Å²) in [5.41, 5.74) is 0.998. The van der Waals surface area contributed by atoms with Crippen LogP contribution < -0.4 is 0 Å². The number of carbonyl (C=O) groups is 1. The van der Waals surface area contributed by atoms with Crippen molar-refractivity contribution in [3.05, 3.63) is 47.8 Å². The Morgan fingerprint density at radius 2 is 2.18 bits per heavy atom. The monoisotopic (exact) mass is 235 g/mol. The van der Waals surface area contributed by atoms with Gasteiger partial charge in [-0.2, -0.15) is 0 Å². The highest BCUT2D eigenvalue weighted by atomic mass is 19.1. The average Bonchev–Trinajstić information content (AvgIpc) is 2.28. The fourth-order valence-electron chi connectivity index (χ4n) is 1.61. The smallest absolute Gasteiger partial charge is 0.254 e. The van der Waals surface area contributed by atoms with Gasteiger partial charge in [0.15, 0.2) is 0 Å². The van der Waals surface area contributed by atoms with Crippen LogP contribution in [0.2, 0.25) is 0 Å². The maximum atomic E-state index is 13.1. The number of nitrogens with zero attached hydrogens (tertiary/aromatic N) is 1. The first-order valence-corrected chi connectivity index (χ1v) is 5.65. The molecule has 1 aromatic rings. The van der Waals surface area contributed by atoms with Crippen LogP contribution >= 0.6 is 0 Å². The number of halogens is 1. The summed E-state index contributed by atoms with van der Waals surface area (Å²) >= 11 is 0. The second-order valence-electron chi connectivity index (χ2n) is 4.30. The van der Waals surface area contributed by atoms with E-state index in [1.54, 1.807) is 24.0 Å². The SMILES string of the molecule is C=CCN(C(=O)c1ccc(F)c(C)c1)C(C)C. The summed E-state index contributed by atoms with van der Waals surface area (Å²) in [5, 5.41) is 0. The van der Waals surface area contributed by atoms with E-state index in [0.717, 1.165) is 0 Å². The lowest BCUT2D eigenvalue weighted by molar-refractivity contribution is 0.0728. The van der Waals surface area contributed by atoms with Gasteiger partial charge in [-0.3, -0.25) is 4.79 Å². The maximum Gasteiger partial charge on any atom is 0.254 e. The zero-order valence-corrected chi connectivity index (χ0v) is 10.5. The van der Waals surface area contributed by atoms with Crippen LogP contribution in [0.5, 0.6) is 0 Å². The zero-order valence-electron chi connectivity index (χ0n) is 10.5. The van der Waals surface area contributed by atoms with Crippen LogP contribution in [0, 0.1) is 12.7 Å². The van der Waals surface area contributed by atoms with E-state index in [4.69, 9.17) is 0 Å². The van der Waals surface area contributed by atoms with E-state index in [9.17, 15) is 9.18 Å². The first-order chi connectivity index (χ1) is 7.97. The molecule has 0 aromatic heterocycles. The van der Waals surface area contributed by atoms with Gasteiger partial charge >= 0.3 is 0 Å². The van der Waals surface area contributed by atoms with E-state index in [0.29, 0.717) is 17.7 Å². The van der Waals surface area contributed by atoms with E-state index < -0.39 is 0 Å². The second-order valence-corrected chi connectivity index (χ2v) is 4.30. The summed E-state index contributed by atoms with van der Waals surface area (Å²) in [6.07, 6.45) is 1.69. The quantitative estimate of drug-likeness (QED) is 0.734. The molecule has 0 saturated heterocycles. The fourth-order valence-corrected chi connectivity index (χ4v) is 1.61. The van der Waals surface area contributed by atoms with Crippen molar-refractivity contribution in [3.8, 4) is 0 Å². The molecule has 3 heteroatoms. The summed E-state index contributed by atoms with van der Waals surface area (Å²) in [6, 6.07) is 4.51. The Morgan fingerprint density at radius 1 is 1.53 bits per heavy atom. The highest BCUT2D eigenvalue weighted by Crippen LogP contribution is 2.13. The van der Waals surface area contributed by atoms with Crippen LogP contribution in [0.25, 0.3) is 0 Å². The van der Waals surface area contributed by atoms with Gasteiger partial charge in [0.25, 0.3) is 5.91 Å². The Balaban J connectivity index is 3.00. The molecule has 0 saturated carbocycles. The van der Waals surface area contributed by atoms with Crippen molar-refractivity contribution in [3.63, 3.8) is 0 Å². The van der Waals surface area contributed by atoms with Crippen molar-refractivity contribution >= 4 is 5.91 Å². The van der Waals surface area contributed by atoms with E-state index in [1.165, 1.54) is 12.1 Å². The van der Waals surface area contributed by atoms with Crippen LogP contribution in [-0.4, -0.2) is 23.4 Å². The molecule has 17 heavy (non-hydrogen) atoms. The lowest BCUT2D eigenvalue weighted by Gasteiger charge is -2.25. The van der Waals surface area contributed by atoms with Crippen LogP contribution in [-0.2, 0) is 0 Å². The lowest BCUT2D eigenvalue weighted by Crippen LogP contribution is -2.37. The highest BCUT2D eigenvalue weighted by molar-refractivity contribution is 5.94. The molecule has 1 rings (SSSR count). The first-order valence-electron chi connectivity index (χ1n) is 5.65. The molecule has 0 atom stereocenters. The van der Waals surface area contributed by atoms with Gasteiger partial charge in [0, 0.05) is 18.2 Å². The number of carbonyl (C=O) groups excluding carboxylic acids is 1. The molecule has 1 amide bonds. The molecule has 2 nitrogen and oxygen atoms in total. The molecular formula is C14H18FNO. The van der Waals surface area contributed by atoms with Gasteiger partial charge in [0.2, 0.25) is 0 Å². The van der Waals surface area contributed by atoms with E-state index in [1.807, 2.05) is 13.8 Å². The van der Waals surface area contributed by atoms with Gasteiger partial charge < -0.3 is 4.90 Å². The van der Waals surface area contributed by atoms with E-state index in [2.05, 4.69) is 6.58 Å². The van der Waals surface area contributed by atoms with Crippen LogP contribution in [0.3, 0.4) is 0 Å². The molecule has 0 aliphatic heterocycles. The largest absolute Gasteiger partial charge is 0.333 e.